The number of ether oxygens (including phenoxy) is 1. The Morgan fingerprint density at radius 3 is 2.60 bits per heavy atom. The van der Waals surface area contributed by atoms with Crippen LogP contribution in [0.15, 0.2) is 48.5 Å². The molecule has 2 aliphatic heterocycles. The van der Waals surface area contributed by atoms with Crippen molar-refractivity contribution in [3.8, 4) is 5.75 Å². The largest absolute Gasteiger partial charge is 0.496 e. The molecule has 1 saturated heterocycles. The van der Waals surface area contributed by atoms with E-state index in [1.807, 2.05) is 0 Å². The van der Waals surface area contributed by atoms with Crippen LogP contribution in [0, 0.1) is 0 Å². The lowest BCUT2D eigenvalue weighted by molar-refractivity contribution is 0.200. The zero-order valence-electron chi connectivity index (χ0n) is 15.1. The maximum atomic E-state index is 5.56. The molecule has 0 bridgehead atoms. The van der Waals surface area contributed by atoms with E-state index in [1.54, 1.807) is 7.11 Å². The molecule has 0 radical (unpaired) electrons. The Morgan fingerprint density at radius 2 is 1.76 bits per heavy atom. The van der Waals surface area contributed by atoms with Crippen LogP contribution < -0.4 is 10.1 Å². The lowest BCUT2D eigenvalue weighted by atomic mass is 9.88. The number of para-hydroxylation sites is 2. The number of nitrogens with one attached hydrogen (secondary N) is 1. The maximum absolute atomic E-state index is 5.56. The number of aryl methyl sites for hydroxylation is 1. The molecule has 0 aliphatic carbocycles. The van der Waals surface area contributed by atoms with Crippen molar-refractivity contribution in [1.82, 2.24) is 4.90 Å². The van der Waals surface area contributed by atoms with Crippen molar-refractivity contribution >= 4 is 5.69 Å². The van der Waals surface area contributed by atoms with Crippen LogP contribution in [0.25, 0.3) is 0 Å². The molecular formula is C22H28N2O. The van der Waals surface area contributed by atoms with Crippen LogP contribution in [-0.2, 0) is 6.42 Å². The lowest BCUT2D eigenvalue weighted by Gasteiger charge is -2.36. The first-order valence-electron chi connectivity index (χ1n) is 9.53. The highest BCUT2D eigenvalue weighted by atomic mass is 16.5. The van der Waals surface area contributed by atoms with E-state index < -0.39 is 0 Å². The van der Waals surface area contributed by atoms with Crippen LogP contribution in [0.3, 0.4) is 0 Å². The van der Waals surface area contributed by atoms with Gasteiger partial charge in [-0.15, -0.1) is 0 Å². The van der Waals surface area contributed by atoms with E-state index in [-0.39, 0.29) is 0 Å². The van der Waals surface area contributed by atoms with Crippen molar-refractivity contribution in [2.24, 2.45) is 0 Å². The predicted molar refractivity (Wildman–Crippen MR) is 104 cm³/mol. The summed E-state index contributed by atoms with van der Waals surface area (Å²) in [6, 6.07) is 17.8. The van der Waals surface area contributed by atoms with E-state index in [9.17, 15) is 0 Å². The molecule has 2 aliphatic rings. The number of hydrogen-bond acceptors (Lipinski definition) is 3. The molecule has 1 fully saturated rings. The average Bonchev–Trinajstić information content (AvgIpc) is 2.68. The molecule has 0 aromatic heterocycles. The van der Waals surface area contributed by atoms with Gasteiger partial charge in [0.2, 0.25) is 0 Å². The minimum atomic E-state index is 0.581. The summed E-state index contributed by atoms with van der Waals surface area (Å²) in [4.78, 5) is 2.64. The molecule has 1 unspecified atom stereocenters. The fourth-order valence-electron chi connectivity index (χ4n) is 4.38. The van der Waals surface area contributed by atoms with Crippen LogP contribution in [0.5, 0.6) is 5.75 Å². The quantitative estimate of drug-likeness (QED) is 0.901. The summed E-state index contributed by atoms with van der Waals surface area (Å²) in [5.74, 6) is 1.68. The molecule has 2 aromatic rings. The Bertz CT molecular complexity index is 707. The van der Waals surface area contributed by atoms with Gasteiger partial charge in [-0.2, -0.15) is 0 Å². The number of likely N-dealkylation sites (tertiary alicyclic amines) is 1. The van der Waals surface area contributed by atoms with Gasteiger partial charge in [0.1, 0.15) is 5.75 Å². The van der Waals surface area contributed by atoms with Gasteiger partial charge in [-0.25, -0.2) is 0 Å². The standard InChI is InChI=1S/C22H28N2O/c1-25-22-9-5-3-7-20(22)17-12-14-24(15-13-17)16-19-11-10-18-6-2-4-8-21(18)23-19/h2-9,17,19,23H,10-16H2,1H3. The number of benzene rings is 2. The van der Waals surface area contributed by atoms with Crippen molar-refractivity contribution < 1.29 is 4.74 Å². The van der Waals surface area contributed by atoms with Crippen LogP contribution in [-0.4, -0.2) is 37.7 Å². The van der Waals surface area contributed by atoms with E-state index >= 15 is 0 Å². The Labute approximate surface area is 151 Å². The second-order valence-electron chi connectivity index (χ2n) is 7.35. The fraction of sp³-hybridized carbons (Fsp3) is 0.455. The summed E-state index contributed by atoms with van der Waals surface area (Å²) in [6.45, 7) is 3.53. The topological polar surface area (TPSA) is 24.5 Å². The third kappa shape index (κ3) is 3.67. The Hall–Kier alpha value is -2.00. The van der Waals surface area contributed by atoms with Crippen LogP contribution in [0.4, 0.5) is 5.69 Å². The van der Waals surface area contributed by atoms with Crippen molar-refractivity contribution in [1.29, 1.82) is 0 Å². The van der Waals surface area contributed by atoms with Crippen molar-refractivity contribution in [3.05, 3.63) is 59.7 Å². The number of rotatable bonds is 4. The van der Waals surface area contributed by atoms with Gasteiger partial charge >= 0.3 is 0 Å². The summed E-state index contributed by atoms with van der Waals surface area (Å²) in [5, 5.41) is 3.74. The van der Waals surface area contributed by atoms with Gasteiger partial charge in [-0.05, 0) is 68.0 Å². The smallest absolute Gasteiger partial charge is 0.122 e. The molecule has 1 N–H and O–H groups in total. The van der Waals surface area contributed by atoms with Crippen molar-refractivity contribution in [2.45, 2.75) is 37.6 Å². The summed E-state index contributed by atoms with van der Waals surface area (Å²) in [5.41, 5.74) is 4.19. The predicted octanol–water partition coefficient (Wildman–Crippen LogP) is 4.30. The van der Waals surface area contributed by atoms with E-state index in [4.69, 9.17) is 4.74 Å². The number of nitrogens with zero attached hydrogens (tertiary/aromatic N) is 1. The summed E-state index contributed by atoms with van der Waals surface area (Å²) in [7, 11) is 1.78. The SMILES string of the molecule is COc1ccccc1C1CCN(CC2CCc3ccccc3N2)CC1. The highest BCUT2D eigenvalue weighted by Crippen LogP contribution is 2.34. The first-order chi connectivity index (χ1) is 12.3. The van der Waals surface area contributed by atoms with Gasteiger partial charge in [0.25, 0.3) is 0 Å². The van der Waals surface area contributed by atoms with Gasteiger partial charge in [-0.1, -0.05) is 36.4 Å². The zero-order chi connectivity index (χ0) is 17.1. The van der Waals surface area contributed by atoms with Gasteiger partial charge in [0.15, 0.2) is 0 Å². The number of anilines is 1. The molecule has 0 spiro atoms. The summed E-state index contributed by atoms with van der Waals surface area (Å²) < 4.78 is 5.56. The lowest BCUT2D eigenvalue weighted by Crippen LogP contribution is -2.42. The van der Waals surface area contributed by atoms with Crippen LogP contribution in [0.1, 0.15) is 36.3 Å². The summed E-state index contributed by atoms with van der Waals surface area (Å²) in [6.07, 6.45) is 4.89. The molecule has 0 amide bonds. The minimum absolute atomic E-state index is 0.581. The molecule has 0 saturated carbocycles. The first kappa shape index (κ1) is 16.5. The normalized spacial score (nSPS) is 21.4. The van der Waals surface area contributed by atoms with E-state index in [0.717, 1.165) is 12.3 Å². The fourth-order valence-corrected chi connectivity index (χ4v) is 4.38. The molecule has 132 valence electrons. The minimum Gasteiger partial charge on any atom is -0.496 e. The van der Waals surface area contributed by atoms with Crippen molar-refractivity contribution in [2.75, 3.05) is 32.1 Å². The van der Waals surface area contributed by atoms with E-state index in [2.05, 4.69) is 58.7 Å². The third-order valence-electron chi connectivity index (χ3n) is 5.78. The maximum Gasteiger partial charge on any atom is 0.122 e. The molecule has 3 heteroatoms. The van der Waals surface area contributed by atoms with E-state index in [0.29, 0.717) is 12.0 Å². The van der Waals surface area contributed by atoms with E-state index in [1.165, 1.54) is 55.6 Å². The second-order valence-corrected chi connectivity index (χ2v) is 7.35. The third-order valence-corrected chi connectivity index (χ3v) is 5.78. The molecule has 2 aromatic carbocycles. The second kappa shape index (κ2) is 7.49. The number of fused-ring (bicyclic) bond motifs is 1. The van der Waals surface area contributed by atoms with Crippen molar-refractivity contribution in [3.63, 3.8) is 0 Å². The van der Waals surface area contributed by atoms with Gasteiger partial charge in [-0.3, -0.25) is 0 Å². The Morgan fingerprint density at radius 1 is 1.00 bits per heavy atom. The van der Waals surface area contributed by atoms with Crippen LogP contribution in [0.2, 0.25) is 0 Å². The van der Waals surface area contributed by atoms with Gasteiger partial charge in [0, 0.05) is 18.3 Å². The zero-order valence-corrected chi connectivity index (χ0v) is 15.1. The number of methoxy groups -OCH3 is 1. The Balaban J connectivity index is 1.32. The molecule has 1 atom stereocenters. The monoisotopic (exact) mass is 336 g/mol. The highest BCUT2D eigenvalue weighted by molar-refractivity contribution is 5.53. The summed E-state index contributed by atoms with van der Waals surface area (Å²) >= 11 is 0. The molecule has 2 heterocycles. The number of hydrogen-bond donors (Lipinski definition) is 1. The first-order valence-corrected chi connectivity index (χ1v) is 9.53. The van der Waals surface area contributed by atoms with Crippen LogP contribution >= 0.6 is 0 Å². The number of piperidine rings is 1. The Kier molecular flexibility index (Phi) is 4.93. The molecule has 4 rings (SSSR count). The highest BCUT2D eigenvalue weighted by Gasteiger charge is 2.25. The van der Waals surface area contributed by atoms with Gasteiger partial charge < -0.3 is 15.0 Å². The average molecular weight is 336 g/mol. The molecular weight excluding hydrogens is 308 g/mol. The molecule has 25 heavy (non-hydrogen) atoms. The van der Waals surface area contributed by atoms with Gasteiger partial charge in [0.05, 0.1) is 7.11 Å². The molecule has 3 nitrogen and oxygen atoms in total.